The molecule has 0 saturated carbocycles. The minimum Gasteiger partial charge on any atom is -0.461 e. The Morgan fingerprint density at radius 3 is 2.93 bits per heavy atom. The van der Waals surface area contributed by atoms with Crippen LogP contribution in [0, 0.1) is 0 Å². The Morgan fingerprint density at radius 1 is 1.64 bits per heavy atom. The highest BCUT2D eigenvalue weighted by atomic mass is 16.5. The van der Waals surface area contributed by atoms with E-state index in [9.17, 15) is 4.79 Å². The molecule has 0 aliphatic heterocycles. The molecule has 1 heterocycles. The fourth-order valence-corrected chi connectivity index (χ4v) is 1.14. The van der Waals surface area contributed by atoms with Crippen molar-refractivity contribution in [3.8, 4) is 0 Å². The van der Waals surface area contributed by atoms with Gasteiger partial charge in [-0.1, -0.05) is 13.8 Å². The molecule has 78 valence electrons. The van der Waals surface area contributed by atoms with E-state index in [1.54, 1.807) is 6.92 Å². The Hall–Kier alpha value is -1.32. The van der Waals surface area contributed by atoms with E-state index in [0.29, 0.717) is 18.1 Å². The molecule has 4 nitrogen and oxygen atoms in total. The molecule has 0 bridgehead atoms. The summed E-state index contributed by atoms with van der Waals surface area (Å²) in [7, 11) is 0. The first kappa shape index (κ1) is 10.8. The summed E-state index contributed by atoms with van der Waals surface area (Å²) in [5.74, 6) is 0.402. The standard InChI is InChI=1S/C10H15NO3/c1-4-7(3)9-8(11-6-14-9)10(12)13-5-2/h6-7H,4-5H2,1-3H3/t7-/m1/s1. The number of hydrogen-bond donors (Lipinski definition) is 0. The fourth-order valence-electron chi connectivity index (χ4n) is 1.14. The molecule has 0 aromatic carbocycles. The molecular formula is C10H15NO3. The largest absolute Gasteiger partial charge is 0.461 e. The summed E-state index contributed by atoms with van der Waals surface area (Å²) in [6.45, 7) is 6.14. The number of esters is 1. The van der Waals surface area contributed by atoms with E-state index in [2.05, 4.69) is 4.98 Å². The highest BCUT2D eigenvalue weighted by Crippen LogP contribution is 2.22. The molecule has 1 aromatic rings. The molecule has 0 spiro atoms. The second kappa shape index (κ2) is 4.79. The average Bonchev–Trinajstić information content (AvgIpc) is 2.65. The van der Waals surface area contributed by atoms with Gasteiger partial charge in [-0.15, -0.1) is 0 Å². The quantitative estimate of drug-likeness (QED) is 0.695. The van der Waals surface area contributed by atoms with Gasteiger partial charge in [0.15, 0.2) is 12.1 Å². The van der Waals surface area contributed by atoms with Crippen molar-refractivity contribution >= 4 is 5.97 Å². The third-order valence-electron chi connectivity index (χ3n) is 2.12. The molecule has 1 aromatic heterocycles. The molecule has 0 saturated heterocycles. The molecule has 1 rings (SSSR count). The number of oxazole rings is 1. The molecule has 14 heavy (non-hydrogen) atoms. The van der Waals surface area contributed by atoms with E-state index in [-0.39, 0.29) is 5.92 Å². The van der Waals surface area contributed by atoms with Crippen LogP contribution in [0.4, 0.5) is 0 Å². The van der Waals surface area contributed by atoms with Gasteiger partial charge in [-0.05, 0) is 13.3 Å². The van der Waals surface area contributed by atoms with Crippen molar-refractivity contribution in [3.63, 3.8) is 0 Å². The van der Waals surface area contributed by atoms with E-state index in [4.69, 9.17) is 9.15 Å². The first-order valence-corrected chi connectivity index (χ1v) is 4.81. The zero-order chi connectivity index (χ0) is 10.6. The number of carbonyl (C=O) groups excluding carboxylic acids is 1. The van der Waals surface area contributed by atoms with Gasteiger partial charge < -0.3 is 9.15 Å². The molecule has 0 N–H and O–H groups in total. The first-order chi connectivity index (χ1) is 6.70. The maximum Gasteiger partial charge on any atom is 0.360 e. The summed E-state index contributed by atoms with van der Waals surface area (Å²) in [5, 5.41) is 0. The third-order valence-corrected chi connectivity index (χ3v) is 2.12. The highest BCUT2D eigenvalue weighted by molar-refractivity contribution is 5.88. The lowest BCUT2D eigenvalue weighted by Crippen LogP contribution is -2.08. The number of aromatic nitrogens is 1. The molecule has 0 fully saturated rings. The molecule has 0 radical (unpaired) electrons. The molecule has 0 aliphatic rings. The van der Waals surface area contributed by atoms with Crippen molar-refractivity contribution in [2.75, 3.05) is 6.61 Å². The molecule has 4 heteroatoms. The minimum absolute atomic E-state index is 0.192. The number of carbonyl (C=O) groups is 1. The van der Waals surface area contributed by atoms with E-state index < -0.39 is 5.97 Å². The normalized spacial score (nSPS) is 12.5. The molecule has 0 amide bonds. The SMILES string of the molecule is CCOC(=O)c1ncoc1[C@H](C)CC. The van der Waals surface area contributed by atoms with Gasteiger partial charge in [-0.25, -0.2) is 9.78 Å². The van der Waals surface area contributed by atoms with Gasteiger partial charge in [0.2, 0.25) is 0 Å². The Bertz CT molecular complexity index is 306. The van der Waals surface area contributed by atoms with Crippen LogP contribution < -0.4 is 0 Å². The summed E-state index contributed by atoms with van der Waals surface area (Å²) < 4.78 is 10.0. The summed E-state index contributed by atoms with van der Waals surface area (Å²) >= 11 is 0. The summed E-state index contributed by atoms with van der Waals surface area (Å²) in [5.41, 5.74) is 0.307. The van der Waals surface area contributed by atoms with Gasteiger partial charge in [0.1, 0.15) is 5.76 Å². The Balaban J connectivity index is 2.86. The lowest BCUT2D eigenvalue weighted by atomic mass is 10.0. The van der Waals surface area contributed by atoms with Crippen LogP contribution in [0.25, 0.3) is 0 Å². The predicted molar refractivity (Wildman–Crippen MR) is 51.2 cm³/mol. The van der Waals surface area contributed by atoms with Crippen LogP contribution in [0.15, 0.2) is 10.8 Å². The second-order valence-electron chi connectivity index (χ2n) is 3.09. The third kappa shape index (κ3) is 2.13. The van der Waals surface area contributed by atoms with Crippen LogP contribution in [-0.4, -0.2) is 17.6 Å². The van der Waals surface area contributed by atoms with Crippen molar-refractivity contribution in [3.05, 3.63) is 17.8 Å². The summed E-state index contributed by atoms with van der Waals surface area (Å²) in [4.78, 5) is 15.3. The number of ether oxygens (including phenoxy) is 1. The van der Waals surface area contributed by atoms with Crippen molar-refractivity contribution in [1.29, 1.82) is 0 Å². The van der Waals surface area contributed by atoms with Crippen molar-refractivity contribution in [2.45, 2.75) is 33.1 Å². The maximum absolute atomic E-state index is 11.4. The molecule has 1 atom stereocenters. The smallest absolute Gasteiger partial charge is 0.360 e. The average molecular weight is 197 g/mol. The molecule has 0 aliphatic carbocycles. The topological polar surface area (TPSA) is 52.3 Å². The van der Waals surface area contributed by atoms with Crippen LogP contribution in [0.3, 0.4) is 0 Å². The monoisotopic (exact) mass is 197 g/mol. The van der Waals surface area contributed by atoms with E-state index in [0.717, 1.165) is 6.42 Å². The van der Waals surface area contributed by atoms with Crippen LogP contribution in [0.2, 0.25) is 0 Å². The van der Waals surface area contributed by atoms with Gasteiger partial charge >= 0.3 is 5.97 Å². The zero-order valence-electron chi connectivity index (χ0n) is 8.74. The Kier molecular flexibility index (Phi) is 3.68. The van der Waals surface area contributed by atoms with Crippen LogP contribution in [-0.2, 0) is 4.74 Å². The van der Waals surface area contributed by atoms with Gasteiger partial charge in [0, 0.05) is 5.92 Å². The van der Waals surface area contributed by atoms with Crippen LogP contribution in [0.5, 0.6) is 0 Å². The second-order valence-corrected chi connectivity index (χ2v) is 3.09. The van der Waals surface area contributed by atoms with Gasteiger partial charge in [-0.2, -0.15) is 0 Å². The Labute approximate surface area is 83.3 Å². The van der Waals surface area contributed by atoms with Crippen LogP contribution in [0.1, 0.15) is 49.4 Å². The summed E-state index contributed by atoms with van der Waals surface area (Å²) in [6.07, 6.45) is 2.19. The predicted octanol–water partition coefficient (Wildman–Crippen LogP) is 2.36. The molecular weight excluding hydrogens is 182 g/mol. The van der Waals surface area contributed by atoms with E-state index >= 15 is 0 Å². The summed E-state index contributed by atoms with van der Waals surface area (Å²) in [6, 6.07) is 0. The highest BCUT2D eigenvalue weighted by Gasteiger charge is 2.21. The lowest BCUT2D eigenvalue weighted by Gasteiger charge is -2.05. The van der Waals surface area contributed by atoms with E-state index in [1.165, 1.54) is 6.39 Å². The Morgan fingerprint density at radius 2 is 2.36 bits per heavy atom. The number of rotatable bonds is 4. The van der Waals surface area contributed by atoms with Gasteiger partial charge in [0.25, 0.3) is 0 Å². The van der Waals surface area contributed by atoms with Crippen molar-refractivity contribution < 1.29 is 13.9 Å². The van der Waals surface area contributed by atoms with Crippen molar-refractivity contribution in [1.82, 2.24) is 4.98 Å². The zero-order valence-corrected chi connectivity index (χ0v) is 8.74. The van der Waals surface area contributed by atoms with E-state index in [1.807, 2.05) is 13.8 Å². The number of nitrogens with zero attached hydrogens (tertiary/aromatic N) is 1. The van der Waals surface area contributed by atoms with Gasteiger partial charge in [0.05, 0.1) is 6.61 Å². The minimum atomic E-state index is -0.406. The molecule has 0 unspecified atom stereocenters. The van der Waals surface area contributed by atoms with Crippen LogP contribution >= 0.6 is 0 Å². The lowest BCUT2D eigenvalue weighted by molar-refractivity contribution is 0.0517. The number of hydrogen-bond acceptors (Lipinski definition) is 4. The van der Waals surface area contributed by atoms with Crippen molar-refractivity contribution in [2.24, 2.45) is 0 Å². The maximum atomic E-state index is 11.4. The fraction of sp³-hybridized carbons (Fsp3) is 0.600. The first-order valence-electron chi connectivity index (χ1n) is 4.81. The van der Waals surface area contributed by atoms with Gasteiger partial charge in [-0.3, -0.25) is 0 Å².